The fraction of sp³-hybridized carbons (Fsp3) is 0.467. The third-order valence-electron chi connectivity index (χ3n) is 4.34. The summed E-state index contributed by atoms with van der Waals surface area (Å²) in [7, 11) is 0. The molecule has 2 fully saturated rings. The van der Waals surface area contributed by atoms with Crippen LogP contribution in [0.1, 0.15) is 37.7 Å². The second-order valence-corrected chi connectivity index (χ2v) is 5.42. The molecule has 4 heteroatoms. The third kappa shape index (κ3) is 1.91. The van der Waals surface area contributed by atoms with Crippen molar-refractivity contribution in [1.29, 1.82) is 0 Å². The van der Waals surface area contributed by atoms with Crippen LogP contribution in [0.25, 0.3) is 0 Å². The molecular weight excluding hydrogens is 240 g/mol. The van der Waals surface area contributed by atoms with Gasteiger partial charge in [-0.3, -0.25) is 10.1 Å². The lowest BCUT2D eigenvalue weighted by Crippen LogP contribution is -2.50. The van der Waals surface area contributed by atoms with Gasteiger partial charge in [0, 0.05) is 0 Å². The van der Waals surface area contributed by atoms with E-state index in [1.165, 1.54) is 6.42 Å². The molecule has 0 spiro atoms. The number of imide groups is 1. The van der Waals surface area contributed by atoms with Gasteiger partial charge in [0.15, 0.2) is 0 Å². The Bertz CT molecular complexity index is 494. The number of hydrogen-bond donors (Lipinski definition) is 2. The van der Waals surface area contributed by atoms with E-state index in [0.717, 1.165) is 31.2 Å². The summed E-state index contributed by atoms with van der Waals surface area (Å²) in [5, 5.41) is 5.32. The highest BCUT2D eigenvalue weighted by Gasteiger charge is 2.52. The molecule has 19 heavy (non-hydrogen) atoms. The van der Waals surface area contributed by atoms with E-state index in [-0.39, 0.29) is 17.9 Å². The van der Waals surface area contributed by atoms with Crippen LogP contribution in [-0.4, -0.2) is 11.9 Å². The first kappa shape index (κ1) is 12.2. The summed E-state index contributed by atoms with van der Waals surface area (Å²) in [6, 6.07) is 9.24. The van der Waals surface area contributed by atoms with E-state index < -0.39 is 5.54 Å². The number of benzene rings is 1. The molecule has 1 heterocycles. The van der Waals surface area contributed by atoms with Crippen molar-refractivity contribution in [2.24, 2.45) is 5.92 Å². The highest BCUT2D eigenvalue weighted by molar-refractivity contribution is 6.07. The van der Waals surface area contributed by atoms with Crippen LogP contribution in [0.15, 0.2) is 30.3 Å². The number of rotatable bonds is 2. The zero-order chi connectivity index (χ0) is 13.3. The maximum absolute atomic E-state index is 12.4. The van der Waals surface area contributed by atoms with Gasteiger partial charge in [-0.25, -0.2) is 4.79 Å². The lowest BCUT2D eigenvalue weighted by molar-refractivity contribution is -0.126. The van der Waals surface area contributed by atoms with E-state index in [2.05, 4.69) is 10.6 Å². The Kier molecular flexibility index (Phi) is 3.01. The fourth-order valence-corrected chi connectivity index (χ4v) is 3.43. The Morgan fingerprint density at radius 3 is 2.26 bits per heavy atom. The second-order valence-electron chi connectivity index (χ2n) is 5.42. The molecule has 2 aliphatic rings. The van der Waals surface area contributed by atoms with Crippen molar-refractivity contribution in [3.8, 4) is 0 Å². The number of carbonyl (C=O) groups is 2. The Hall–Kier alpha value is -1.84. The molecule has 1 unspecified atom stereocenters. The number of urea groups is 1. The normalized spacial score (nSPS) is 28.0. The maximum atomic E-state index is 12.4. The summed E-state index contributed by atoms with van der Waals surface area (Å²) in [6.45, 7) is 0. The van der Waals surface area contributed by atoms with Crippen LogP contribution < -0.4 is 10.6 Å². The van der Waals surface area contributed by atoms with Crippen molar-refractivity contribution in [2.45, 2.75) is 37.6 Å². The van der Waals surface area contributed by atoms with Gasteiger partial charge in [0.25, 0.3) is 5.91 Å². The van der Waals surface area contributed by atoms with Crippen molar-refractivity contribution in [2.75, 3.05) is 0 Å². The topological polar surface area (TPSA) is 58.2 Å². The largest absolute Gasteiger partial charge is 0.322 e. The Morgan fingerprint density at radius 1 is 1.00 bits per heavy atom. The molecule has 3 amide bonds. The quantitative estimate of drug-likeness (QED) is 0.800. The van der Waals surface area contributed by atoms with Gasteiger partial charge in [-0.05, 0) is 24.3 Å². The Morgan fingerprint density at radius 2 is 1.68 bits per heavy atom. The molecule has 1 aliphatic heterocycles. The summed E-state index contributed by atoms with van der Waals surface area (Å²) in [6.07, 6.45) is 5.45. The SMILES string of the molecule is O=C1NC(=O)C(c2ccccc2)(C2CCCCC2)N1. The van der Waals surface area contributed by atoms with Crippen LogP contribution in [0.5, 0.6) is 0 Å². The summed E-state index contributed by atoms with van der Waals surface area (Å²) in [5.74, 6) is -0.00861. The predicted molar refractivity (Wildman–Crippen MR) is 71.4 cm³/mol. The average molecular weight is 258 g/mol. The van der Waals surface area contributed by atoms with Crippen LogP contribution in [0.3, 0.4) is 0 Å². The first-order chi connectivity index (χ1) is 9.23. The number of nitrogens with one attached hydrogen (secondary N) is 2. The summed E-state index contributed by atoms with van der Waals surface area (Å²) in [4.78, 5) is 24.1. The van der Waals surface area contributed by atoms with Gasteiger partial charge in [-0.2, -0.15) is 0 Å². The maximum Gasteiger partial charge on any atom is 0.322 e. The number of hydrogen-bond acceptors (Lipinski definition) is 2. The molecule has 2 N–H and O–H groups in total. The van der Waals surface area contributed by atoms with Gasteiger partial charge in [-0.15, -0.1) is 0 Å². The van der Waals surface area contributed by atoms with Crippen LogP contribution >= 0.6 is 0 Å². The second kappa shape index (κ2) is 4.68. The van der Waals surface area contributed by atoms with Crippen LogP contribution in [0.2, 0.25) is 0 Å². The van der Waals surface area contributed by atoms with Crippen molar-refractivity contribution < 1.29 is 9.59 Å². The highest BCUT2D eigenvalue weighted by Crippen LogP contribution is 2.41. The van der Waals surface area contributed by atoms with Crippen molar-refractivity contribution >= 4 is 11.9 Å². The predicted octanol–water partition coefficient (Wildman–Crippen LogP) is 2.30. The molecule has 1 saturated carbocycles. The number of amides is 3. The van der Waals surface area contributed by atoms with Gasteiger partial charge < -0.3 is 5.32 Å². The molecule has 0 aromatic heterocycles. The molecule has 100 valence electrons. The fourth-order valence-electron chi connectivity index (χ4n) is 3.43. The molecule has 3 rings (SSSR count). The van der Waals surface area contributed by atoms with E-state index >= 15 is 0 Å². The molecule has 1 saturated heterocycles. The third-order valence-corrected chi connectivity index (χ3v) is 4.34. The molecule has 1 atom stereocenters. The minimum absolute atomic E-state index is 0.190. The van der Waals surface area contributed by atoms with E-state index in [4.69, 9.17) is 0 Å². The van der Waals surface area contributed by atoms with E-state index in [1.54, 1.807) is 0 Å². The molecule has 0 radical (unpaired) electrons. The summed E-state index contributed by atoms with van der Waals surface area (Å²) < 4.78 is 0. The minimum atomic E-state index is -0.862. The van der Waals surface area contributed by atoms with Crippen LogP contribution in [0, 0.1) is 5.92 Å². The first-order valence-corrected chi connectivity index (χ1v) is 6.92. The molecule has 1 aliphatic carbocycles. The van der Waals surface area contributed by atoms with Gasteiger partial charge in [0.05, 0.1) is 0 Å². The zero-order valence-electron chi connectivity index (χ0n) is 10.8. The zero-order valence-corrected chi connectivity index (χ0v) is 10.8. The van der Waals surface area contributed by atoms with Crippen LogP contribution in [-0.2, 0) is 10.3 Å². The summed E-state index contributed by atoms with van der Waals surface area (Å²) in [5.41, 5.74) is 0.0314. The van der Waals surface area contributed by atoms with Crippen molar-refractivity contribution in [1.82, 2.24) is 10.6 Å². The molecule has 0 bridgehead atoms. The standard InChI is InChI=1S/C15H18N2O2/c18-13-15(17-14(19)16-13,11-7-3-1-4-8-11)12-9-5-2-6-10-12/h1,3-4,7-8,12H,2,5-6,9-10H2,(H2,16,17,18,19). The van der Waals surface area contributed by atoms with E-state index in [1.807, 2.05) is 30.3 Å². The minimum Gasteiger partial charge on any atom is -0.319 e. The average Bonchev–Trinajstić information content (AvgIpc) is 2.76. The molecule has 1 aromatic carbocycles. The van der Waals surface area contributed by atoms with Gasteiger partial charge in [0.1, 0.15) is 5.54 Å². The first-order valence-electron chi connectivity index (χ1n) is 6.92. The molecule has 1 aromatic rings. The Balaban J connectivity index is 2.05. The Labute approximate surface area is 112 Å². The van der Waals surface area contributed by atoms with Gasteiger partial charge >= 0.3 is 6.03 Å². The molecule has 4 nitrogen and oxygen atoms in total. The van der Waals surface area contributed by atoms with E-state index in [0.29, 0.717) is 0 Å². The molecular formula is C15H18N2O2. The lowest BCUT2D eigenvalue weighted by atomic mass is 9.71. The van der Waals surface area contributed by atoms with Crippen molar-refractivity contribution in [3.63, 3.8) is 0 Å². The lowest BCUT2D eigenvalue weighted by Gasteiger charge is -2.37. The van der Waals surface area contributed by atoms with Crippen molar-refractivity contribution in [3.05, 3.63) is 35.9 Å². The highest BCUT2D eigenvalue weighted by atomic mass is 16.2. The van der Waals surface area contributed by atoms with Crippen LogP contribution in [0.4, 0.5) is 4.79 Å². The van der Waals surface area contributed by atoms with Gasteiger partial charge in [-0.1, -0.05) is 49.6 Å². The number of carbonyl (C=O) groups excluding carboxylic acids is 2. The summed E-state index contributed by atoms with van der Waals surface area (Å²) >= 11 is 0. The monoisotopic (exact) mass is 258 g/mol. The van der Waals surface area contributed by atoms with Gasteiger partial charge in [0.2, 0.25) is 0 Å². The smallest absolute Gasteiger partial charge is 0.319 e. The van der Waals surface area contributed by atoms with E-state index in [9.17, 15) is 9.59 Å².